The van der Waals surface area contributed by atoms with Crippen molar-refractivity contribution in [2.45, 2.75) is 20.3 Å². The average molecular weight is 276 g/mol. The van der Waals surface area contributed by atoms with Crippen molar-refractivity contribution in [3.63, 3.8) is 0 Å². The van der Waals surface area contributed by atoms with Gasteiger partial charge in [-0.1, -0.05) is 13.0 Å². The molecule has 0 aromatic heterocycles. The minimum absolute atomic E-state index is 0.214. The molecule has 0 atom stereocenters. The lowest BCUT2D eigenvalue weighted by Gasteiger charge is -2.21. The van der Waals surface area contributed by atoms with E-state index in [0.717, 1.165) is 6.42 Å². The molecule has 5 nitrogen and oxygen atoms in total. The number of aryl methyl sites for hydroxylation is 1. The quantitative estimate of drug-likeness (QED) is 0.784. The summed E-state index contributed by atoms with van der Waals surface area (Å²) in [5, 5.41) is 11.7. The second-order valence-corrected chi connectivity index (χ2v) is 4.50. The maximum Gasteiger partial charge on any atom is 0.335 e. The number of rotatable bonds is 6. The topological polar surface area (TPSA) is 69.6 Å². The number of amides is 2. The fourth-order valence-corrected chi connectivity index (χ4v) is 1.89. The molecule has 0 fully saturated rings. The fraction of sp³-hybridized carbons (Fsp3) is 0.333. The van der Waals surface area contributed by atoms with Crippen molar-refractivity contribution in [2.75, 3.05) is 18.4 Å². The molecule has 0 aliphatic heterocycles. The molecule has 0 heterocycles. The SMILES string of the molecule is C=CCN(CCC)C(=O)Nc1ccc(C(=O)O)c(C)c1. The zero-order valence-electron chi connectivity index (χ0n) is 11.8. The molecule has 0 unspecified atom stereocenters. The summed E-state index contributed by atoms with van der Waals surface area (Å²) in [6.07, 6.45) is 2.53. The molecule has 0 aliphatic carbocycles. The third kappa shape index (κ3) is 4.12. The smallest absolute Gasteiger partial charge is 0.335 e. The molecule has 0 saturated heterocycles. The van der Waals surface area contributed by atoms with Crippen molar-refractivity contribution in [1.82, 2.24) is 4.90 Å². The third-order valence-electron chi connectivity index (χ3n) is 2.84. The van der Waals surface area contributed by atoms with E-state index >= 15 is 0 Å². The Bertz CT molecular complexity index is 512. The van der Waals surface area contributed by atoms with Crippen molar-refractivity contribution in [3.8, 4) is 0 Å². The lowest BCUT2D eigenvalue weighted by molar-refractivity contribution is 0.0696. The number of hydrogen-bond acceptors (Lipinski definition) is 2. The molecule has 20 heavy (non-hydrogen) atoms. The Morgan fingerprint density at radius 2 is 2.15 bits per heavy atom. The summed E-state index contributed by atoms with van der Waals surface area (Å²) in [5.74, 6) is -0.973. The van der Waals surface area contributed by atoms with E-state index in [1.54, 1.807) is 30.0 Å². The molecule has 108 valence electrons. The molecule has 0 radical (unpaired) electrons. The molecule has 0 saturated carbocycles. The van der Waals surface area contributed by atoms with E-state index in [0.29, 0.717) is 24.3 Å². The predicted molar refractivity (Wildman–Crippen MR) is 79.2 cm³/mol. The van der Waals surface area contributed by atoms with Crippen molar-refractivity contribution in [3.05, 3.63) is 42.0 Å². The van der Waals surface area contributed by atoms with Crippen molar-refractivity contribution in [1.29, 1.82) is 0 Å². The van der Waals surface area contributed by atoms with Crippen LogP contribution in [0.4, 0.5) is 10.5 Å². The van der Waals surface area contributed by atoms with Crippen LogP contribution in [0.2, 0.25) is 0 Å². The normalized spacial score (nSPS) is 9.90. The van der Waals surface area contributed by atoms with Gasteiger partial charge in [0.1, 0.15) is 0 Å². The van der Waals surface area contributed by atoms with Gasteiger partial charge in [-0.05, 0) is 37.1 Å². The Morgan fingerprint density at radius 3 is 2.65 bits per heavy atom. The monoisotopic (exact) mass is 276 g/mol. The summed E-state index contributed by atoms with van der Waals surface area (Å²) in [5.41, 5.74) is 1.43. The minimum atomic E-state index is -0.973. The molecule has 2 amide bonds. The molecule has 2 N–H and O–H groups in total. The molecular formula is C15H20N2O3. The van der Waals surface area contributed by atoms with Gasteiger partial charge in [-0.25, -0.2) is 9.59 Å². The van der Waals surface area contributed by atoms with Crippen LogP contribution in [0.15, 0.2) is 30.9 Å². The van der Waals surface area contributed by atoms with Crippen molar-refractivity contribution in [2.24, 2.45) is 0 Å². The second kappa shape index (κ2) is 7.33. The van der Waals surface area contributed by atoms with Gasteiger partial charge in [0, 0.05) is 18.8 Å². The number of hydrogen-bond donors (Lipinski definition) is 2. The van der Waals surface area contributed by atoms with Crippen LogP contribution >= 0.6 is 0 Å². The first kappa shape index (κ1) is 15.8. The first-order chi connectivity index (χ1) is 9.49. The zero-order chi connectivity index (χ0) is 15.1. The fourth-order valence-electron chi connectivity index (χ4n) is 1.89. The molecular weight excluding hydrogens is 256 g/mol. The van der Waals surface area contributed by atoms with Crippen molar-refractivity contribution < 1.29 is 14.7 Å². The number of carbonyl (C=O) groups excluding carboxylic acids is 1. The van der Waals surface area contributed by atoms with E-state index in [4.69, 9.17) is 5.11 Å². The zero-order valence-corrected chi connectivity index (χ0v) is 11.8. The summed E-state index contributed by atoms with van der Waals surface area (Å²) in [6.45, 7) is 8.45. The van der Waals surface area contributed by atoms with Crippen molar-refractivity contribution >= 4 is 17.7 Å². The first-order valence-electron chi connectivity index (χ1n) is 6.50. The number of anilines is 1. The van der Waals surface area contributed by atoms with E-state index in [-0.39, 0.29) is 11.6 Å². The van der Waals surface area contributed by atoms with Crippen LogP contribution < -0.4 is 5.32 Å². The van der Waals surface area contributed by atoms with Crippen LogP contribution in [0.25, 0.3) is 0 Å². The highest BCUT2D eigenvalue weighted by molar-refractivity contribution is 5.92. The highest BCUT2D eigenvalue weighted by atomic mass is 16.4. The highest BCUT2D eigenvalue weighted by Crippen LogP contribution is 2.15. The lowest BCUT2D eigenvalue weighted by atomic mass is 10.1. The summed E-state index contributed by atoms with van der Waals surface area (Å²) in [6, 6.07) is 4.52. The van der Waals surface area contributed by atoms with Gasteiger partial charge in [0.2, 0.25) is 0 Å². The maximum atomic E-state index is 12.1. The second-order valence-electron chi connectivity index (χ2n) is 4.50. The van der Waals surface area contributed by atoms with Crippen LogP contribution in [0.3, 0.4) is 0 Å². The number of aromatic carboxylic acids is 1. The van der Waals surface area contributed by atoms with Gasteiger partial charge < -0.3 is 15.3 Å². The first-order valence-corrected chi connectivity index (χ1v) is 6.50. The Morgan fingerprint density at radius 1 is 1.45 bits per heavy atom. The Kier molecular flexibility index (Phi) is 5.77. The molecule has 0 spiro atoms. The van der Waals surface area contributed by atoms with Gasteiger partial charge in [0.25, 0.3) is 0 Å². The summed E-state index contributed by atoms with van der Waals surface area (Å²) >= 11 is 0. The third-order valence-corrected chi connectivity index (χ3v) is 2.84. The number of nitrogens with zero attached hydrogens (tertiary/aromatic N) is 1. The van der Waals surface area contributed by atoms with E-state index in [2.05, 4.69) is 11.9 Å². The maximum absolute atomic E-state index is 12.1. The van der Waals surface area contributed by atoms with Gasteiger partial charge in [0.05, 0.1) is 5.56 Å². The number of benzene rings is 1. The van der Waals surface area contributed by atoms with Crippen LogP contribution in [-0.4, -0.2) is 35.1 Å². The average Bonchev–Trinajstić information content (AvgIpc) is 2.38. The van der Waals surface area contributed by atoms with E-state index < -0.39 is 5.97 Å². The summed E-state index contributed by atoms with van der Waals surface area (Å²) < 4.78 is 0. The van der Waals surface area contributed by atoms with E-state index in [1.165, 1.54) is 6.07 Å². The molecule has 0 bridgehead atoms. The van der Waals surface area contributed by atoms with Gasteiger partial charge in [0.15, 0.2) is 0 Å². The van der Waals surface area contributed by atoms with Crippen LogP contribution in [0, 0.1) is 6.92 Å². The van der Waals surface area contributed by atoms with E-state index in [1.807, 2.05) is 6.92 Å². The van der Waals surface area contributed by atoms with Gasteiger partial charge in [-0.15, -0.1) is 6.58 Å². The number of carboxylic acid groups (broad SMARTS) is 1. The van der Waals surface area contributed by atoms with Gasteiger partial charge in [-0.3, -0.25) is 0 Å². The molecule has 1 aromatic carbocycles. The van der Waals surface area contributed by atoms with Gasteiger partial charge >= 0.3 is 12.0 Å². The molecule has 1 rings (SSSR count). The minimum Gasteiger partial charge on any atom is -0.478 e. The molecule has 0 aliphatic rings. The number of carboxylic acids is 1. The van der Waals surface area contributed by atoms with Crippen LogP contribution in [0.1, 0.15) is 29.3 Å². The summed E-state index contributed by atoms with van der Waals surface area (Å²) in [4.78, 5) is 24.6. The van der Waals surface area contributed by atoms with E-state index in [9.17, 15) is 9.59 Å². The largest absolute Gasteiger partial charge is 0.478 e. The van der Waals surface area contributed by atoms with Crippen LogP contribution in [0.5, 0.6) is 0 Å². The Labute approximate surface area is 118 Å². The Hall–Kier alpha value is -2.30. The highest BCUT2D eigenvalue weighted by Gasteiger charge is 2.12. The number of carbonyl (C=O) groups is 2. The number of urea groups is 1. The molecule has 5 heteroatoms. The van der Waals surface area contributed by atoms with Crippen LogP contribution in [-0.2, 0) is 0 Å². The lowest BCUT2D eigenvalue weighted by Crippen LogP contribution is -2.35. The van der Waals surface area contributed by atoms with Gasteiger partial charge in [-0.2, -0.15) is 0 Å². The summed E-state index contributed by atoms with van der Waals surface area (Å²) in [7, 11) is 0. The predicted octanol–water partition coefficient (Wildman–Crippen LogP) is 3.12. The number of nitrogens with one attached hydrogen (secondary N) is 1. The Balaban J connectivity index is 2.81. The molecule has 1 aromatic rings. The standard InChI is InChI=1S/C15H20N2O3/c1-4-8-17(9-5-2)15(20)16-12-6-7-13(14(18)19)11(3)10-12/h4,6-7,10H,1,5,8-9H2,2-3H3,(H,16,20)(H,18,19).